The molecule has 1 aromatic rings. The van der Waals surface area contributed by atoms with Gasteiger partial charge in [-0.15, -0.1) is 0 Å². The first-order chi connectivity index (χ1) is 9.69. The Labute approximate surface area is 122 Å². The summed E-state index contributed by atoms with van der Waals surface area (Å²) in [6, 6.07) is 4.13. The van der Waals surface area contributed by atoms with Crippen LogP contribution in [0.15, 0.2) is 23.1 Å². The maximum absolute atomic E-state index is 13.6. The van der Waals surface area contributed by atoms with E-state index >= 15 is 0 Å². The summed E-state index contributed by atoms with van der Waals surface area (Å²) >= 11 is 0. The molecule has 0 radical (unpaired) electrons. The van der Waals surface area contributed by atoms with E-state index in [1.54, 1.807) is 6.07 Å². The van der Waals surface area contributed by atoms with Gasteiger partial charge in [-0.05, 0) is 19.1 Å². The molecule has 6 nitrogen and oxygen atoms in total. The van der Waals surface area contributed by atoms with E-state index in [0.29, 0.717) is 0 Å². The maximum atomic E-state index is 13.6. The second-order valence-electron chi connectivity index (χ2n) is 4.80. The van der Waals surface area contributed by atoms with Crippen molar-refractivity contribution in [2.75, 3.05) is 18.1 Å². The van der Waals surface area contributed by atoms with Crippen LogP contribution in [-0.2, 0) is 19.9 Å². The molecule has 0 bridgehead atoms. The van der Waals surface area contributed by atoms with Crippen molar-refractivity contribution in [1.82, 2.24) is 4.31 Å². The van der Waals surface area contributed by atoms with Gasteiger partial charge in [0.15, 0.2) is 9.84 Å². The van der Waals surface area contributed by atoms with E-state index in [1.165, 1.54) is 13.0 Å². The van der Waals surface area contributed by atoms with Crippen molar-refractivity contribution in [3.05, 3.63) is 29.6 Å². The summed E-state index contributed by atoms with van der Waals surface area (Å²) in [5.74, 6) is -1.49. The molecule has 21 heavy (non-hydrogen) atoms. The summed E-state index contributed by atoms with van der Waals surface area (Å²) in [5, 5.41) is 8.94. The highest BCUT2D eigenvalue weighted by atomic mass is 32.2. The number of nitrogens with zero attached hydrogens (tertiary/aromatic N) is 2. The van der Waals surface area contributed by atoms with Gasteiger partial charge in [0.25, 0.3) is 0 Å². The van der Waals surface area contributed by atoms with E-state index in [2.05, 4.69) is 0 Å². The van der Waals surface area contributed by atoms with E-state index in [-0.39, 0.29) is 18.1 Å². The number of nitriles is 1. The van der Waals surface area contributed by atoms with Crippen LogP contribution in [-0.4, -0.2) is 45.2 Å². The van der Waals surface area contributed by atoms with Gasteiger partial charge in [-0.25, -0.2) is 21.2 Å². The number of sulfone groups is 1. The van der Waals surface area contributed by atoms with Crippen LogP contribution in [0.4, 0.5) is 4.39 Å². The lowest BCUT2D eigenvalue weighted by Crippen LogP contribution is -2.49. The molecule has 1 saturated heterocycles. The fourth-order valence-electron chi connectivity index (χ4n) is 2.29. The van der Waals surface area contributed by atoms with Crippen LogP contribution < -0.4 is 0 Å². The quantitative estimate of drug-likeness (QED) is 0.786. The van der Waals surface area contributed by atoms with Gasteiger partial charge < -0.3 is 0 Å². The molecule has 0 saturated carbocycles. The maximum Gasteiger partial charge on any atom is 0.244 e. The fraction of sp³-hybridized carbons (Fsp3) is 0.417. The normalized spacial score (nSPS) is 22.6. The van der Waals surface area contributed by atoms with Crippen LogP contribution in [0, 0.1) is 17.1 Å². The molecule has 0 aliphatic carbocycles. The SMILES string of the molecule is CC1CS(=O)(=O)CCN1S(=O)(=O)c1cccc(F)c1C#N. The third-order valence-corrected chi connectivity index (χ3v) is 7.13. The van der Waals surface area contributed by atoms with Gasteiger partial charge in [0.2, 0.25) is 10.0 Å². The smallest absolute Gasteiger partial charge is 0.229 e. The van der Waals surface area contributed by atoms with Gasteiger partial charge in [-0.3, -0.25) is 0 Å². The average molecular weight is 332 g/mol. The fourth-order valence-corrected chi connectivity index (χ4v) is 5.85. The summed E-state index contributed by atoms with van der Waals surface area (Å²) in [6.07, 6.45) is 0. The van der Waals surface area contributed by atoms with E-state index in [4.69, 9.17) is 5.26 Å². The number of benzene rings is 1. The first kappa shape index (κ1) is 15.9. The van der Waals surface area contributed by atoms with Gasteiger partial charge in [0, 0.05) is 12.6 Å². The van der Waals surface area contributed by atoms with Crippen LogP contribution in [0.25, 0.3) is 0 Å². The molecule has 9 heteroatoms. The molecular weight excluding hydrogens is 319 g/mol. The highest BCUT2D eigenvalue weighted by Crippen LogP contribution is 2.25. The average Bonchev–Trinajstić information content (AvgIpc) is 2.36. The molecule has 0 amide bonds. The van der Waals surface area contributed by atoms with E-state index < -0.39 is 42.2 Å². The van der Waals surface area contributed by atoms with E-state index in [0.717, 1.165) is 16.4 Å². The Morgan fingerprint density at radius 3 is 2.67 bits per heavy atom. The minimum absolute atomic E-state index is 0.201. The van der Waals surface area contributed by atoms with Crippen LogP contribution in [0.3, 0.4) is 0 Å². The molecule has 1 atom stereocenters. The lowest BCUT2D eigenvalue weighted by Gasteiger charge is -2.32. The minimum atomic E-state index is -4.12. The zero-order valence-corrected chi connectivity index (χ0v) is 12.8. The number of halogens is 1. The van der Waals surface area contributed by atoms with Crippen molar-refractivity contribution in [3.63, 3.8) is 0 Å². The molecule has 0 N–H and O–H groups in total. The Kier molecular flexibility index (Phi) is 4.06. The van der Waals surface area contributed by atoms with Crippen LogP contribution in [0.2, 0.25) is 0 Å². The van der Waals surface area contributed by atoms with Gasteiger partial charge in [0.05, 0.1) is 11.5 Å². The highest BCUT2D eigenvalue weighted by molar-refractivity contribution is 7.92. The number of hydrogen-bond donors (Lipinski definition) is 0. The largest absolute Gasteiger partial charge is 0.244 e. The summed E-state index contributed by atoms with van der Waals surface area (Å²) in [4.78, 5) is -0.434. The Morgan fingerprint density at radius 1 is 1.43 bits per heavy atom. The predicted octanol–water partition coefficient (Wildman–Crippen LogP) is 0.505. The zero-order chi connectivity index (χ0) is 15.8. The van der Waals surface area contributed by atoms with Crippen molar-refractivity contribution >= 4 is 19.9 Å². The molecule has 114 valence electrons. The molecule has 1 unspecified atom stereocenters. The first-order valence-electron chi connectivity index (χ1n) is 6.10. The van der Waals surface area contributed by atoms with Crippen molar-refractivity contribution in [2.45, 2.75) is 17.9 Å². The highest BCUT2D eigenvalue weighted by Gasteiger charge is 2.37. The molecular formula is C12H13FN2O4S2. The topological polar surface area (TPSA) is 95.3 Å². The Bertz CT molecular complexity index is 812. The lowest BCUT2D eigenvalue weighted by molar-refractivity contribution is 0.356. The molecule has 2 rings (SSSR count). The van der Waals surface area contributed by atoms with E-state index in [9.17, 15) is 21.2 Å². The molecule has 1 fully saturated rings. The van der Waals surface area contributed by atoms with Gasteiger partial charge >= 0.3 is 0 Å². The first-order valence-corrected chi connectivity index (χ1v) is 9.36. The third-order valence-electron chi connectivity index (χ3n) is 3.28. The standard InChI is InChI=1S/C12H13FN2O4S2/c1-9-8-20(16,17)6-5-15(9)21(18,19)12-4-2-3-11(13)10(12)7-14/h2-4,9H,5-6,8H2,1H3. The summed E-state index contributed by atoms with van der Waals surface area (Å²) in [7, 11) is -7.40. The second kappa shape index (κ2) is 5.36. The summed E-state index contributed by atoms with van der Waals surface area (Å²) < 4.78 is 62.7. The molecule has 0 aromatic heterocycles. The zero-order valence-electron chi connectivity index (χ0n) is 11.2. The summed E-state index contributed by atoms with van der Waals surface area (Å²) in [5.41, 5.74) is -0.557. The van der Waals surface area contributed by atoms with Gasteiger partial charge in [0.1, 0.15) is 22.3 Å². The molecule has 1 aliphatic rings. The number of rotatable bonds is 2. The lowest BCUT2D eigenvalue weighted by atomic mass is 10.2. The number of hydrogen-bond acceptors (Lipinski definition) is 5. The van der Waals surface area contributed by atoms with Gasteiger partial charge in [-0.2, -0.15) is 9.57 Å². The number of sulfonamides is 1. The van der Waals surface area contributed by atoms with Crippen LogP contribution in [0.1, 0.15) is 12.5 Å². The summed E-state index contributed by atoms with van der Waals surface area (Å²) in [6.45, 7) is 1.27. The Morgan fingerprint density at radius 2 is 2.10 bits per heavy atom. The second-order valence-corrected chi connectivity index (χ2v) is 8.89. The molecule has 1 aliphatic heterocycles. The molecule has 0 spiro atoms. The van der Waals surface area contributed by atoms with Gasteiger partial charge in [-0.1, -0.05) is 6.07 Å². The Hall–Kier alpha value is -1.50. The van der Waals surface area contributed by atoms with Crippen molar-refractivity contribution in [3.8, 4) is 6.07 Å². The van der Waals surface area contributed by atoms with Crippen LogP contribution in [0.5, 0.6) is 0 Å². The molecule has 1 heterocycles. The minimum Gasteiger partial charge on any atom is -0.229 e. The van der Waals surface area contributed by atoms with Crippen molar-refractivity contribution in [2.24, 2.45) is 0 Å². The molecule has 1 aromatic carbocycles. The monoisotopic (exact) mass is 332 g/mol. The van der Waals surface area contributed by atoms with E-state index in [1.807, 2.05) is 0 Å². The van der Waals surface area contributed by atoms with Crippen molar-refractivity contribution < 1.29 is 21.2 Å². The third kappa shape index (κ3) is 2.92. The predicted molar refractivity (Wildman–Crippen MR) is 73.1 cm³/mol. The van der Waals surface area contributed by atoms with Crippen molar-refractivity contribution in [1.29, 1.82) is 5.26 Å². The van der Waals surface area contributed by atoms with Crippen LogP contribution >= 0.6 is 0 Å². The Balaban J connectivity index is 2.50.